The number of nitrogen functional groups attached to an aromatic ring is 1. The Bertz CT molecular complexity index is 889. The Labute approximate surface area is 179 Å². The van der Waals surface area contributed by atoms with Gasteiger partial charge in [-0.05, 0) is 79.8 Å². The predicted octanol–water partition coefficient (Wildman–Crippen LogP) is 4.91. The highest BCUT2D eigenvalue weighted by molar-refractivity contribution is 5.95. The number of rotatable bonds is 9. The first-order chi connectivity index (χ1) is 14.1. The van der Waals surface area contributed by atoms with Gasteiger partial charge in [-0.25, -0.2) is 0 Å². The van der Waals surface area contributed by atoms with Crippen molar-refractivity contribution in [1.82, 2.24) is 0 Å². The number of benzene rings is 2. The monoisotopic (exact) mass is 411 g/mol. The van der Waals surface area contributed by atoms with E-state index < -0.39 is 0 Å². The van der Waals surface area contributed by atoms with Crippen LogP contribution < -0.4 is 15.8 Å². The van der Waals surface area contributed by atoms with Gasteiger partial charge in [0.2, 0.25) is 0 Å². The van der Waals surface area contributed by atoms with Crippen LogP contribution >= 0.6 is 0 Å². The zero-order chi connectivity index (χ0) is 22.4. The number of hydrogen-bond acceptors (Lipinski definition) is 5. The van der Waals surface area contributed by atoms with Gasteiger partial charge in [0.1, 0.15) is 18.2 Å². The largest absolute Gasteiger partial charge is 0.491 e. The summed E-state index contributed by atoms with van der Waals surface area (Å²) in [6.07, 6.45) is 0.0857. The van der Waals surface area contributed by atoms with Crippen molar-refractivity contribution >= 4 is 17.5 Å². The maximum Gasteiger partial charge on any atom is 0.302 e. The first-order valence-electron chi connectivity index (χ1n) is 10.2. The van der Waals surface area contributed by atoms with Crippen LogP contribution in [0.15, 0.2) is 36.4 Å². The minimum atomic E-state index is -0.324. The Kier molecular flexibility index (Phi) is 7.86. The molecule has 30 heavy (non-hydrogen) atoms. The van der Waals surface area contributed by atoms with E-state index in [1.54, 1.807) is 12.1 Å². The lowest BCUT2D eigenvalue weighted by molar-refractivity contribution is -0.141. The van der Waals surface area contributed by atoms with Crippen LogP contribution in [0.1, 0.15) is 68.8 Å². The fourth-order valence-electron chi connectivity index (χ4n) is 3.26. The maximum absolute atomic E-state index is 11.5. The normalized spacial score (nSPS) is 12.0. The van der Waals surface area contributed by atoms with E-state index in [9.17, 15) is 4.79 Å². The maximum atomic E-state index is 11.5. The third-order valence-corrected chi connectivity index (χ3v) is 4.75. The average molecular weight is 412 g/mol. The van der Waals surface area contributed by atoms with E-state index in [1.807, 2.05) is 32.9 Å². The van der Waals surface area contributed by atoms with Gasteiger partial charge >= 0.3 is 5.97 Å². The quantitative estimate of drug-likeness (QED) is 0.309. The average Bonchev–Trinajstić information content (AvgIpc) is 2.65. The van der Waals surface area contributed by atoms with Crippen LogP contribution in [0.2, 0.25) is 0 Å². The molecule has 0 aliphatic rings. The Morgan fingerprint density at radius 3 is 2.23 bits per heavy atom. The summed E-state index contributed by atoms with van der Waals surface area (Å²) in [5.41, 5.74) is 10.3. The molecule has 0 amide bonds. The predicted molar refractivity (Wildman–Crippen MR) is 121 cm³/mol. The number of ether oxygens (including phenoxy) is 2. The molecule has 0 aliphatic heterocycles. The third kappa shape index (κ3) is 6.24. The smallest absolute Gasteiger partial charge is 0.302 e. The van der Waals surface area contributed by atoms with Crippen molar-refractivity contribution in [2.45, 2.75) is 59.6 Å². The van der Waals surface area contributed by atoms with E-state index in [4.69, 9.17) is 20.6 Å². The third-order valence-electron chi connectivity index (χ3n) is 4.75. The van der Waals surface area contributed by atoms with Gasteiger partial charge in [0, 0.05) is 18.2 Å². The molecular formula is C24H33N3O3. The van der Waals surface area contributed by atoms with Crippen molar-refractivity contribution in [3.05, 3.63) is 58.7 Å². The summed E-state index contributed by atoms with van der Waals surface area (Å²) >= 11 is 0. The Morgan fingerprint density at radius 2 is 1.73 bits per heavy atom. The summed E-state index contributed by atoms with van der Waals surface area (Å²) in [5.74, 6) is 0.868. The molecule has 0 heterocycles. The Morgan fingerprint density at radius 1 is 1.10 bits per heavy atom. The molecule has 162 valence electrons. The van der Waals surface area contributed by atoms with E-state index >= 15 is 0 Å². The lowest BCUT2D eigenvalue weighted by atomic mass is 9.93. The van der Waals surface area contributed by atoms with Crippen molar-refractivity contribution in [2.75, 3.05) is 11.9 Å². The van der Waals surface area contributed by atoms with Crippen LogP contribution in [-0.4, -0.2) is 24.5 Å². The standard InChI is InChI=1S/C24H33N3O3/c1-14(2)20-12-21(16(5)11-23(20)30-15(3)4)22(13-29-17(6)28)27-19-9-7-18(8-10-19)24(25)26/h7-12,14-15,22,27H,13H2,1-6H3,(H3,25,26). The minimum Gasteiger partial charge on any atom is -0.491 e. The van der Waals surface area contributed by atoms with Gasteiger partial charge in [-0.1, -0.05) is 13.8 Å². The van der Waals surface area contributed by atoms with Crippen LogP contribution in [-0.2, 0) is 9.53 Å². The lowest BCUT2D eigenvalue weighted by Gasteiger charge is -2.25. The van der Waals surface area contributed by atoms with Crippen LogP contribution in [0.25, 0.3) is 0 Å². The van der Waals surface area contributed by atoms with Gasteiger partial charge < -0.3 is 20.5 Å². The van der Waals surface area contributed by atoms with Gasteiger partial charge in [0.25, 0.3) is 0 Å². The number of amidine groups is 1. The molecule has 1 unspecified atom stereocenters. The molecule has 0 radical (unpaired) electrons. The van der Waals surface area contributed by atoms with Crippen molar-refractivity contribution in [3.63, 3.8) is 0 Å². The van der Waals surface area contributed by atoms with E-state index in [0.717, 1.165) is 28.1 Å². The zero-order valence-electron chi connectivity index (χ0n) is 18.7. The number of aryl methyl sites for hydroxylation is 1. The fourth-order valence-corrected chi connectivity index (χ4v) is 3.26. The topological polar surface area (TPSA) is 97.4 Å². The van der Waals surface area contributed by atoms with E-state index in [1.165, 1.54) is 6.92 Å². The van der Waals surface area contributed by atoms with E-state index in [0.29, 0.717) is 5.56 Å². The summed E-state index contributed by atoms with van der Waals surface area (Å²) in [7, 11) is 0. The van der Waals surface area contributed by atoms with Crippen molar-refractivity contribution in [2.24, 2.45) is 5.73 Å². The molecule has 0 aromatic heterocycles. The van der Waals surface area contributed by atoms with Gasteiger partial charge in [0.05, 0.1) is 12.1 Å². The molecule has 2 aromatic carbocycles. The van der Waals surface area contributed by atoms with Gasteiger partial charge in [0.15, 0.2) is 0 Å². The first-order valence-corrected chi connectivity index (χ1v) is 10.2. The fraction of sp³-hybridized carbons (Fsp3) is 0.417. The summed E-state index contributed by atoms with van der Waals surface area (Å²) in [5, 5.41) is 11.0. The summed E-state index contributed by atoms with van der Waals surface area (Å²) in [6.45, 7) is 11.9. The number of carbonyl (C=O) groups is 1. The van der Waals surface area contributed by atoms with Gasteiger partial charge in [-0.3, -0.25) is 10.2 Å². The Balaban J connectivity index is 2.43. The van der Waals surface area contributed by atoms with Crippen molar-refractivity contribution < 1.29 is 14.3 Å². The molecule has 4 N–H and O–H groups in total. The van der Waals surface area contributed by atoms with Gasteiger partial charge in [-0.15, -0.1) is 0 Å². The summed E-state index contributed by atoms with van der Waals surface area (Å²) in [6, 6.07) is 11.3. The second-order valence-electron chi connectivity index (χ2n) is 8.06. The second-order valence-corrected chi connectivity index (χ2v) is 8.06. The van der Waals surface area contributed by atoms with Crippen LogP contribution in [0, 0.1) is 12.3 Å². The lowest BCUT2D eigenvalue weighted by Crippen LogP contribution is -2.20. The number of anilines is 1. The number of hydrogen-bond donors (Lipinski definition) is 3. The molecule has 0 saturated carbocycles. The molecule has 0 spiro atoms. The van der Waals surface area contributed by atoms with E-state index in [-0.39, 0.29) is 36.5 Å². The van der Waals surface area contributed by atoms with Crippen molar-refractivity contribution in [1.29, 1.82) is 5.41 Å². The zero-order valence-corrected chi connectivity index (χ0v) is 18.7. The number of esters is 1. The molecular weight excluding hydrogens is 378 g/mol. The molecule has 0 fully saturated rings. The SMILES string of the molecule is CC(=O)OCC(Nc1ccc(C(=N)N)cc1)c1cc(C(C)C)c(OC(C)C)cc1C. The highest BCUT2D eigenvalue weighted by Gasteiger charge is 2.20. The minimum absolute atomic E-state index is 0.0242. The molecule has 1 atom stereocenters. The molecule has 2 rings (SSSR count). The summed E-state index contributed by atoms with van der Waals surface area (Å²) < 4.78 is 11.4. The number of carbonyl (C=O) groups excluding carboxylic acids is 1. The Hall–Kier alpha value is -3.02. The molecule has 6 nitrogen and oxygen atoms in total. The summed E-state index contributed by atoms with van der Waals surface area (Å²) in [4.78, 5) is 11.5. The second kappa shape index (κ2) is 10.1. The van der Waals surface area contributed by atoms with Crippen LogP contribution in [0.4, 0.5) is 5.69 Å². The highest BCUT2D eigenvalue weighted by Crippen LogP contribution is 2.34. The highest BCUT2D eigenvalue weighted by atomic mass is 16.5. The van der Waals surface area contributed by atoms with E-state index in [2.05, 4.69) is 31.3 Å². The molecule has 2 aromatic rings. The number of nitrogens with one attached hydrogen (secondary N) is 2. The van der Waals surface area contributed by atoms with Gasteiger partial charge in [-0.2, -0.15) is 0 Å². The number of nitrogens with two attached hydrogens (primary N) is 1. The molecule has 6 heteroatoms. The first kappa shape index (κ1) is 23.3. The molecule has 0 aliphatic carbocycles. The van der Waals surface area contributed by atoms with Crippen LogP contribution in [0.5, 0.6) is 5.75 Å². The van der Waals surface area contributed by atoms with Crippen molar-refractivity contribution in [3.8, 4) is 5.75 Å². The van der Waals surface area contributed by atoms with Crippen LogP contribution in [0.3, 0.4) is 0 Å². The molecule has 0 bridgehead atoms. The molecule has 0 saturated heterocycles.